The van der Waals surface area contributed by atoms with Crippen LogP contribution in [0.25, 0.3) is 0 Å². The molecule has 2 saturated heterocycles. The quantitative estimate of drug-likeness (QED) is 0.726. The molecule has 0 aliphatic carbocycles. The average molecular weight is 239 g/mol. The van der Waals surface area contributed by atoms with Crippen molar-refractivity contribution in [1.82, 2.24) is 9.80 Å². The summed E-state index contributed by atoms with van der Waals surface area (Å²) in [4.78, 5) is 27.4. The molecule has 1 atom stereocenters. The molecular weight excluding hydrogens is 218 g/mol. The van der Waals surface area contributed by atoms with Crippen LogP contribution in [0.1, 0.15) is 26.2 Å². The molecule has 96 valence electrons. The van der Waals surface area contributed by atoms with Crippen LogP contribution in [0, 0.1) is 5.92 Å². The van der Waals surface area contributed by atoms with Gasteiger partial charge < -0.3 is 15.5 Å². The van der Waals surface area contributed by atoms with Gasteiger partial charge in [0, 0.05) is 38.6 Å². The van der Waals surface area contributed by atoms with E-state index in [-0.39, 0.29) is 23.8 Å². The number of nitrogens with zero attached hydrogens (tertiary/aromatic N) is 2. The maximum atomic E-state index is 12.2. The van der Waals surface area contributed by atoms with Gasteiger partial charge in [0.1, 0.15) is 0 Å². The Morgan fingerprint density at radius 2 is 2.06 bits per heavy atom. The standard InChI is InChI=1S/C12H21N3O2/c1-2-14-8-9(7-11(14)16)12(17)15-5-3-10(13)4-6-15/h9-10H,2-8,13H2,1H3. The van der Waals surface area contributed by atoms with Crippen molar-refractivity contribution in [3.8, 4) is 0 Å². The first-order chi connectivity index (χ1) is 8.11. The summed E-state index contributed by atoms with van der Waals surface area (Å²) in [5.41, 5.74) is 5.82. The van der Waals surface area contributed by atoms with Gasteiger partial charge >= 0.3 is 0 Å². The molecule has 5 heteroatoms. The van der Waals surface area contributed by atoms with Crippen molar-refractivity contribution in [2.24, 2.45) is 11.7 Å². The van der Waals surface area contributed by atoms with Crippen LogP contribution in [0.4, 0.5) is 0 Å². The lowest BCUT2D eigenvalue weighted by Crippen LogP contribution is -2.45. The summed E-state index contributed by atoms with van der Waals surface area (Å²) >= 11 is 0. The van der Waals surface area contributed by atoms with Gasteiger partial charge in [-0.3, -0.25) is 9.59 Å². The summed E-state index contributed by atoms with van der Waals surface area (Å²) in [6.45, 7) is 4.74. The molecule has 2 amide bonds. The number of carbonyl (C=O) groups excluding carboxylic acids is 2. The predicted octanol–water partition coefficient (Wildman–Crippen LogP) is -0.195. The third-order valence-electron chi connectivity index (χ3n) is 3.80. The van der Waals surface area contributed by atoms with E-state index < -0.39 is 0 Å². The molecule has 0 radical (unpaired) electrons. The van der Waals surface area contributed by atoms with E-state index in [1.807, 2.05) is 11.8 Å². The molecule has 0 bridgehead atoms. The highest BCUT2D eigenvalue weighted by molar-refractivity contribution is 5.89. The van der Waals surface area contributed by atoms with Gasteiger partial charge in [-0.2, -0.15) is 0 Å². The normalized spacial score (nSPS) is 26.7. The second kappa shape index (κ2) is 5.04. The zero-order valence-electron chi connectivity index (χ0n) is 10.4. The minimum absolute atomic E-state index is 0.111. The van der Waals surface area contributed by atoms with Crippen molar-refractivity contribution in [2.45, 2.75) is 32.2 Å². The van der Waals surface area contributed by atoms with Crippen LogP contribution < -0.4 is 5.73 Å². The lowest BCUT2D eigenvalue weighted by atomic mass is 10.0. The molecule has 0 aromatic rings. The van der Waals surface area contributed by atoms with Crippen molar-refractivity contribution < 1.29 is 9.59 Å². The molecule has 17 heavy (non-hydrogen) atoms. The smallest absolute Gasteiger partial charge is 0.227 e. The number of hydrogen-bond acceptors (Lipinski definition) is 3. The van der Waals surface area contributed by atoms with E-state index in [4.69, 9.17) is 5.73 Å². The summed E-state index contributed by atoms with van der Waals surface area (Å²) in [5.74, 6) is 0.123. The topological polar surface area (TPSA) is 66.6 Å². The number of hydrogen-bond donors (Lipinski definition) is 1. The monoisotopic (exact) mass is 239 g/mol. The fourth-order valence-corrected chi connectivity index (χ4v) is 2.62. The third kappa shape index (κ3) is 2.60. The van der Waals surface area contributed by atoms with E-state index in [2.05, 4.69) is 0 Å². The largest absolute Gasteiger partial charge is 0.342 e. The summed E-state index contributed by atoms with van der Waals surface area (Å²) in [7, 11) is 0. The van der Waals surface area contributed by atoms with E-state index in [0.717, 1.165) is 25.9 Å². The lowest BCUT2D eigenvalue weighted by Gasteiger charge is -2.31. The van der Waals surface area contributed by atoms with Crippen molar-refractivity contribution in [3.05, 3.63) is 0 Å². The van der Waals surface area contributed by atoms with E-state index in [9.17, 15) is 9.59 Å². The zero-order valence-corrected chi connectivity index (χ0v) is 10.4. The van der Waals surface area contributed by atoms with Gasteiger partial charge in [-0.1, -0.05) is 0 Å². The summed E-state index contributed by atoms with van der Waals surface area (Å²) in [5, 5.41) is 0. The van der Waals surface area contributed by atoms with Gasteiger partial charge in [-0.05, 0) is 19.8 Å². The number of amides is 2. The maximum absolute atomic E-state index is 12.2. The molecule has 2 heterocycles. The number of piperidine rings is 1. The molecule has 0 spiro atoms. The highest BCUT2D eigenvalue weighted by atomic mass is 16.2. The maximum Gasteiger partial charge on any atom is 0.227 e. The molecule has 2 rings (SSSR count). The first kappa shape index (κ1) is 12.4. The predicted molar refractivity (Wildman–Crippen MR) is 64.2 cm³/mol. The van der Waals surface area contributed by atoms with Gasteiger partial charge in [0.25, 0.3) is 0 Å². The van der Waals surface area contributed by atoms with Crippen molar-refractivity contribution >= 4 is 11.8 Å². The second-order valence-corrected chi connectivity index (χ2v) is 5.00. The fourth-order valence-electron chi connectivity index (χ4n) is 2.62. The van der Waals surface area contributed by atoms with Crippen LogP contribution in [0.15, 0.2) is 0 Å². The molecule has 2 aliphatic rings. The Hall–Kier alpha value is -1.10. The number of nitrogens with two attached hydrogens (primary N) is 1. The molecule has 5 nitrogen and oxygen atoms in total. The molecule has 2 fully saturated rings. The van der Waals surface area contributed by atoms with Crippen molar-refractivity contribution in [2.75, 3.05) is 26.2 Å². The summed E-state index contributed by atoms with van der Waals surface area (Å²) in [6.07, 6.45) is 2.14. The molecule has 2 aliphatic heterocycles. The van der Waals surface area contributed by atoms with Crippen LogP contribution in [0.3, 0.4) is 0 Å². The van der Waals surface area contributed by atoms with E-state index in [1.165, 1.54) is 0 Å². The minimum Gasteiger partial charge on any atom is -0.342 e. The minimum atomic E-state index is -0.128. The Kier molecular flexibility index (Phi) is 3.66. The Morgan fingerprint density at radius 3 is 2.59 bits per heavy atom. The van der Waals surface area contributed by atoms with Crippen LogP contribution in [-0.4, -0.2) is 53.8 Å². The molecule has 2 N–H and O–H groups in total. The number of likely N-dealkylation sites (tertiary alicyclic amines) is 2. The molecular formula is C12H21N3O2. The van der Waals surface area contributed by atoms with Crippen LogP contribution >= 0.6 is 0 Å². The zero-order chi connectivity index (χ0) is 12.4. The Balaban J connectivity index is 1.90. The van der Waals surface area contributed by atoms with Gasteiger partial charge in [0.2, 0.25) is 11.8 Å². The molecule has 0 aromatic heterocycles. The summed E-state index contributed by atoms with van der Waals surface area (Å²) in [6, 6.07) is 0.233. The number of rotatable bonds is 2. The summed E-state index contributed by atoms with van der Waals surface area (Å²) < 4.78 is 0. The van der Waals surface area contributed by atoms with Crippen LogP contribution in [0.5, 0.6) is 0 Å². The van der Waals surface area contributed by atoms with Crippen molar-refractivity contribution in [3.63, 3.8) is 0 Å². The van der Waals surface area contributed by atoms with Gasteiger partial charge in [-0.15, -0.1) is 0 Å². The first-order valence-electron chi connectivity index (χ1n) is 6.44. The second-order valence-electron chi connectivity index (χ2n) is 5.00. The van der Waals surface area contributed by atoms with Crippen LogP contribution in [0.2, 0.25) is 0 Å². The van der Waals surface area contributed by atoms with Gasteiger partial charge in [0.05, 0.1) is 5.92 Å². The SMILES string of the molecule is CCN1CC(C(=O)N2CCC(N)CC2)CC1=O. The van der Waals surface area contributed by atoms with E-state index in [1.54, 1.807) is 4.90 Å². The highest BCUT2D eigenvalue weighted by Gasteiger charge is 2.36. The Labute approximate surface area is 102 Å². The Morgan fingerprint density at radius 1 is 1.41 bits per heavy atom. The Bertz CT molecular complexity index is 311. The average Bonchev–Trinajstić information content (AvgIpc) is 2.70. The van der Waals surface area contributed by atoms with Gasteiger partial charge in [0.15, 0.2) is 0 Å². The van der Waals surface area contributed by atoms with Crippen molar-refractivity contribution in [1.29, 1.82) is 0 Å². The molecule has 0 saturated carbocycles. The van der Waals surface area contributed by atoms with E-state index >= 15 is 0 Å². The first-order valence-corrected chi connectivity index (χ1v) is 6.44. The fraction of sp³-hybridized carbons (Fsp3) is 0.833. The number of carbonyl (C=O) groups is 2. The lowest BCUT2D eigenvalue weighted by molar-refractivity contribution is -0.136. The molecule has 0 aromatic carbocycles. The van der Waals surface area contributed by atoms with Gasteiger partial charge in [-0.25, -0.2) is 0 Å². The third-order valence-corrected chi connectivity index (χ3v) is 3.80. The molecule has 1 unspecified atom stereocenters. The highest BCUT2D eigenvalue weighted by Crippen LogP contribution is 2.21. The van der Waals surface area contributed by atoms with E-state index in [0.29, 0.717) is 19.5 Å². The van der Waals surface area contributed by atoms with Crippen LogP contribution in [-0.2, 0) is 9.59 Å².